The highest BCUT2D eigenvalue weighted by atomic mass is 32.2. The lowest BCUT2D eigenvalue weighted by Crippen LogP contribution is -2.30. The van der Waals surface area contributed by atoms with E-state index >= 15 is 0 Å². The average Bonchev–Trinajstić information content (AvgIpc) is 2.64. The molecular formula is C10H18N2O3S2. The summed E-state index contributed by atoms with van der Waals surface area (Å²) >= 11 is 1.13. The van der Waals surface area contributed by atoms with Crippen LogP contribution in [0.2, 0.25) is 0 Å². The summed E-state index contributed by atoms with van der Waals surface area (Å²) in [6.45, 7) is 4.54. The van der Waals surface area contributed by atoms with E-state index in [1.54, 1.807) is 5.38 Å². The minimum Gasteiger partial charge on any atom is -0.398 e. The Morgan fingerprint density at radius 2 is 2.18 bits per heavy atom. The Morgan fingerprint density at radius 3 is 2.65 bits per heavy atom. The third kappa shape index (κ3) is 3.95. The van der Waals surface area contributed by atoms with Crippen molar-refractivity contribution >= 4 is 27.0 Å². The molecule has 2 N–H and O–H groups in total. The van der Waals surface area contributed by atoms with Crippen LogP contribution in [0.25, 0.3) is 0 Å². The molecular weight excluding hydrogens is 260 g/mol. The van der Waals surface area contributed by atoms with Crippen LogP contribution >= 0.6 is 11.3 Å². The number of likely N-dealkylation sites (N-methyl/N-ethyl adjacent to an activating group) is 1. The first-order valence-corrected chi connectivity index (χ1v) is 7.58. The van der Waals surface area contributed by atoms with Gasteiger partial charge in [0.2, 0.25) is 0 Å². The van der Waals surface area contributed by atoms with Gasteiger partial charge in [0, 0.05) is 24.7 Å². The fourth-order valence-corrected chi connectivity index (χ4v) is 3.60. The Hall–Kier alpha value is -0.630. The smallest absolute Gasteiger partial charge is 0.252 e. The number of sulfonamides is 1. The Labute approximate surface area is 106 Å². The molecule has 0 atom stereocenters. The standard InChI is InChI=1S/C10H18N2O3S2/c1-8(2)15-5-4-12(3)17(13,14)10-6-9(11)7-16-10/h6-8H,4-5,11H2,1-3H3. The molecule has 1 aromatic heterocycles. The van der Waals surface area contributed by atoms with Crippen molar-refractivity contribution in [3.05, 3.63) is 11.4 Å². The molecule has 0 aliphatic heterocycles. The van der Waals surface area contributed by atoms with Gasteiger partial charge in [-0.15, -0.1) is 11.3 Å². The van der Waals surface area contributed by atoms with E-state index in [9.17, 15) is 8.42 Å². The van der Waals surface area contributed by atoms with Crippen LogP contribution in [0.5, 0.6) is 0 Å². The van der Waals surface area contributed by atoms with Crippen molar-refractivity contribution in [2.24, 2.45) is 0 Å². The molecule has 1 rings (SSSR count). The maximum Gasteiger partial charge on any atom is 0.252 e. The summed E-state index contributed by atoms with van der Waals surface area (Å²) in [5.41, 5.74) is 5.99. The van der Waals surface area contributed by atoms with Gasteiger partial charge in [-0.2, -0.15) is 4.31 Å². The maximum atomic E-state index is 12.0. The van der Waals surface area contributed by atoms with Crippen LogP contribution in [0.3, 0.4) is 0 Å². The predicted molar refractivity (Wildman–Crippen MR) is 69.6 cm³/mol. The number of rotatable bonds is 6. The third-order valence-corrected chi connectivity index (χ3v) is 5.41. The molecule has 17 heavy (non-hydrogen) atoms. The number of nitrogens with two attached hydrogens (primary N) is 1. The number of nitrogens with zero attached hydrogens (tertiary/aromatic N) is 1. The van der Waals surface area contributed by atoms with Crippen molar-refractivity contribution in [3.63, 3.8) is 0 Å². The van der Waals surface area contributed by atoms with E-state index in [1.165, 1.54) is 17.4 Å². The number of hydrogen-bond donors (Lipinski definition) is 1. The van der Waals surface area contributed by atoms with Gasteiger partial charge in [0.15, 0.2) is 0 Å². The normalized spacial score (nSPS) is 12.5. The summed E-state index contributed by atoms with van der Waals surface area (Å²) in [4.78, 5) is 0. The summed E-state index contributed by atoms with van der Waals surface area (Å²) in [5.74, 6) is 0. The lowest BCUT2D eigenvalue weighted by molar-refractivity contribution is 0.0737. The molecule has 0 fully saturated rings. The van der Waals surface area contributed by atoms with E-state index in [0.29, 0.717) is 18.8 Å². The van der Waals surface area contributed by atoms with Gasteiger partial charge in [0.25, 0.3) is 10.0 Å². The highest BCUT2D eigenvalue weighted by Crippen LogP contribution is 2.24. The van der Waals surface area contributed by atoms with E-state index in [0.717, 1.165) is 11.3 Å². The Morgan fingerprint density at radius 1 is 1.53 bits per heavy atom. The summed E-state index contributed by atoms with van der Waals surface area (Å²) in [6, 6.07) is 1.47. The van der Waals surface area contributed by atoms with Crippen LogP contribution in [0.15, 0.2) is 15.7 Å². The van der Waals surface area contributed by atoms with Crippen LogP contribution < -0.4 is 5.73 Å². The Balaban J connectivity index is 2.64. The van der Waals surface area contributed by atoms with Gasteiger partial charge in [0.1, 0.15) is 4.21 Å². The minimum atomic E-state index is -3.42. The fraction of sp³-hybridized carbons (Fsp3) is 0.600. The van der Waals surface area contributed by atoms with Crippen molar-refractivity contribution in [1.82, 2.24) is 4.31 Å². The third-order valence-electron chi connectivity index (χ3n) is 2.12. The molecule has 7 heteroatoms. The molecule has 0 amide bonds. The topological polar surface area (TPSA) is 72.6 Å². The van der Waals surface area contributed by atoms with Gasteiger partial charge in [-0.1, -0.05) is 0 Å². The SMILES string of the molecule is CC(C)OCCN(C)S(=O)(=O)c1cc(N)cs1. The van der Waals surface area contributed by atoms with E-state index < -0.39 is 10.0 Å². The zero-order chi connectivity index (χ0) is 13.1. The second-order valence-corrected chi connectivity index (χ2v) is 7.13. The highest BCUT2D eigenvalue weighted by molar-refractivity contribution is 7.91. The molecule has 5 nitrogen and oxygen atoms in total. The van der Waals surface area contributed by atoms with Gasteiger partial charge in [-0.25, -0.2) is 8.42 Å². The van der Waals surface area contributed by atoms with Crippen molar-refractivity contribution in [2.75, 3.05) is 25.9 Å². The lowest BCUT2D eigenvalue weighted by Gasteiger charge is -2.16. The van der Waals surface area contributed by atoms with Crippen LogP contribution in [0.4, 0.5) is 5.69 Å². The van der Waals surface area contributed by atoms with Gasteiger partial charge in [0.05, 0.1) is 12.7 Å². The molecule has 0 aliphatic carbocycles. The lowest BCUT2D eigenvalue weighted by atomic mass is 10.5. The van der Waals surface area contributed by atoms with Crippen molar-refractivity contribution < 1.29 is 13.2 Å². The number of nitrogen functional groups attached to an aromatic ring is 1. The van der Waals surface area contributed by atoms with E-state index in [-0.39, 0.29) is 10.3 Å². The van der Waals surface area contributed by atoms with E-state index in [2.05, 4.69) is 0 Å². The van der Waals surface area contributed by atoms with Gasteiger partial charge in [-0.05, 0) is 19.9 Å². The van der Waals surface area contributed by atoms with Crippen LogP contribution in [0, 0.1) is 0 Å². The second kappa shape index (κ2) is 5.81. The van der Waals surface area contributed by atoms with Crippen molar-refractivity contribution in [3.8, 4) is 0 Å². The number of ether oxygens (including phenoxy) is 1. The molecule has 0 spiro atoms. The van der Waals surface area contributed by atoms with Crippen LogP contribution in [0.1, 0.15) is 13.8 Å². The highest BCUT2D eigenvalue weighted by Gasteiger charge is 2.22. The molecule has 0 aromatic carbocycles. The van der Waals surface area contributed by atoms with Gasteiger partial charge in [-0.3, -0.25) is 0 Å². The predicted octanol–water partition coefficient (Wildman–Crippen LogP) is 1.38. The van der Waals surface area contributed by atoms with Crippen LogP contribution in [-0.4, -0.2) is 39.0 Å². The summed E-state index contributed by atoms with van der Waals surface area (Å²) in [6.07, 6.45) is 0.100. The second-order valence-electron chi connectivity index (χ2n) is 3.95. The first-order valence-electron chi connectivity index (χ1n) is 5.26. The molecule has 1 aromatic rings. The summed E-state index contributed by atoms with van der Waals surface area (Å²) < 4.78 is 31.0. The fourth-order valence-electron chi connectivity index (χ4n) is 1.16. The first-order chi connectivity index (χ1) is 7.84. The quantitative estimate of drug-likeness (QED) is 0.853. The van der Waals surface area contributed by atoms with Crippen molar-refractivity contribution in [1.29, 1.82) is 0 Å². The number of anilines is 1. The average molecular weight is 278 g/mol. The Bertz CT molecular complexity index is 454. The monoisotopic (exact) mass is 278 g/mol. The zero-order valence-electron chi connectivity index (χ0n) is 10.2. The molecule has 98 valence electrons. The van der Waals surface area contributed by atoms with Crippen molar-refractivity contribution in [2.45, 2.75) is 24.2 Å². The number of thiophene rings is 1. The molecule has 0 aliphatic rings. The Kier molecular flexibility index (Phi) is 4.93. The molecule has 0 bridgehead atoms. The van der Waals surface area contributed by atoms with Gasteiger partial charge >= 0.3 is 0 Å². The summed E-state index contributed by atoms with van der Waals surface area (Å²) in [5, 5.41) is 1.62. The van der Waals surface area contributed by atoms with Crippen LogP contribution in [-0.2, 0) is 14.8 Å². The first kappa shape index (κ1) is 14.4. The molecule has 0 radical (unpaired) electrons. The molecule has 0 unspecified atom stereocenters. The zero-order valence-corrected chi connectivity index (χ0v) is 11.8. The van der Waals surface area contributed by atoms with E-state index in [4.69, 9.17) is 10.5 Å². The molecule has 0 saturated carbocycles. The molecule has 1 heterocycles. The van der Waals surface area contributed by atoms with E-state index in [1.807, 2.05) is 13.8 Å². The largest absolute Gasteiger partial charge is 0.398 e. The number of hydrogen-bond acceptors (Lipinski definition) is 5. The summed E-state index contributed by atoms with van der Waals surface area (Å²) in [7, 11) is -1.89. The van der Waals surface area contributed by atoms with Gasteiger partial charge < -0.3 is 10.5 Å². The molecule has 0 saturated heterocycles. The maximum absolute atomic E-state index is 12.0. The minimum absolute atomic E-state index is 0.100.